The number of carbonyl (C=O) groups is 1. The number of esters is 1. The lowest BCUT2D eigenvalue weighted by molar-refractivity contribution is -0.137. The molecular weight excluding hydrogens is 379 g/mol. The minimum Gasteiger partial charge on any atom is -0.462 e. The van der Waals surface area contributed by atoms with Gasteiger partial charge in [0.1, 0.15) is 11.4 Å². The Morgan fingerprint density at radius 1 is 1.29 bits per heavy atom. The normalized spacial score (nSPS) is 12.0. The molecule has 4 N–H and O–H groups in total. The van der Waals surface area contributed by atoms with E-state index in [4.69, 9.17) is 16.2 Å². The number of rotatable bonds is 4. The lowest BCUT2D eigenvalue weighted by Crippen LogP contribution is -2.12. The van der Waals surface area contributed by atoms with Crippen LogP contribution in [0.2, 0.25) is 0 Å². The third-order valence-electron chi connectivity index (χ3n) is 3.62. The first-order valence-corrected chi connectivity index (χ1v) is 7.91. The van der Waals surface area contributed by atoms with Crippen LogP contribution < -0.4 is 11.5 Å². The van der Waals surface area contributed by atoms with Gasteiger partial charge in [-0.15, -0.1) is 10.2 Å². The maximum absolute atomic E-state index is 12.8. The Hall–Kier alpha value is -3.70. The highest BCUT2D eigenvalue weighted by atomic mass is 19.4. The predicted molar refractivity (Wildman–Crippen MR) is 93.4 cm³/mol. The molecule has 0 radical (unpaired) electrons. The van der Waals surface area contributed by atoms with Crippen molar-refractivity contribution in [1.82, 2.24) is 14.6 Å². The van der Waals surface area contributed by atoms with E-state index in [-0.39, 0.29) is 40.8 Å². The van der Waals surface area contributed by atoms with Crippen LogP contribution in [0.3, 0.4) is 0 Å². The third-order valence-corrected chi connectivity index (χ3v) is 3.62. The maximum atomic E-state index is 12.8. The zero-order chi connectivity index (χ0) is 20.5. The van der Waals surface area contributed by atoms with Crippen molar-refractivity contribution < 1.29 is 22.7 Å². The second kappa shape index (κ2) is 7.13. The average Bonchev–Trinajstić information content (AvgIpc) is 2.96. The van der Waals surface area contributed by atoms with Gasteiger partial charge in [0.25, 0.3) is 0 Å². The van der Waals surface area contributed by atoms with Crippen molar-refractivity contribution in [3.8, 4) is 0 Å². The van der Waals surface area contributed by atoms with Gasteiger partial charge in [0.15, 0.2) is 17.2 Å². The number of hydrogen-bond donors (Lipinski definition) is 2. The van der Waals surface area contributed by atoms with E-state index in [1.54, 1.807) is 6.92 Å². The Bertz CT molecular complexity index is 1080. The Labute approximate surface area is 155 Å². The van der Waals surface area contributed by atoms with Gasteiger partial charge in [0, 0.05) is 6.20 Å². The first kappa shape index (κ1) is 19.1. The van der Waals surface area contributed by atoms with E-state index in [1.165, 1.54) is 18.3 Å². The summed E-state index contributed by atoms with van der Waals surface area (Å²) in [5.74, 6) is -0.873. The van der Waals surface area contributed by atoms with Gasteiger partial charge in [-0.25, -0.2) is 9.78 Å². The lowest BCUT2D eigenvalue weighted by Gasteiger charge is -2.06. The molecule has 0 fully saturated rings. The molecule has 0 saturated heterocycles. The number of hydrogen-bond acceptors (Lipinski definition) is 8. The van der Waals surface area contributed by atoms with Crippen LogP contribution in [0.15, 0.2) is 40.7 Å². The molecule has 2 aromatic heterocycles. The number of aromatic nitrogens is 3. The molecule has 0 aliphatic rings. The minimum absolute atomic E-state index is 0.000444. The highest BCUT2D eigenvalue weighted by Crippen LogP contribution is 2.33. The van der Waals surface area contributed by atoms with E-state index in [1.807, 2.05) is 0 Å². The maximum Gasteiger partial charge on any atom is 0.416 e. The molecular formula is C16H14F3N7O2. The van der Waals surface area contributed by atoms with Gasteiger partial charge >= 0.3 is 12.1 Å². The van der Waals surface area contributed by atoms with Crippen LogP contribution in [0.5, 0.6) is 0 Å². The van der Waals surface area contributed by atoms with Crippen molar-refractivity contribution in [2.24, 2.45) is 10.2 Å². The van der Waals surface area contributed by atoms with Gasteiger partial charge in [0.05, 0.1) is 17.9 Å². The molecule has 3 aromatic rings. The number of anilines is 2. The van der Waals surface area contributed by atoms with Crippen LogP contribution in [0, 0.1) is 0 Å². The Morgan fingerprint density at radius 2 is 2.04 bits per heavy atom. The first-order chi connectivity index (χ1) is 13.2. The average molecular weight is 393 g/mol. The van der Waals surface area contributed by atoms with Crippen LogP contribution in [0.4, 0.5) is 36.2 Å². The standard InChI is InChI=1S/C16H14F3N7O2/c1-2-28-15(27)10-7-22-14-11(12(20)25-26(14)13(10)21)24-23-9-5-3-4-8(6-9)16(17,18)19/h3-7H,2,21H2,1H3,(H2,20,25). The molecule has 1 aromatic carbocycles. The first-order valence-electron chi connectivity index (χ1n) is 7.91. The summed E-state index contributed by atoms with van der Waals surface area (Å²) < 4.78 is 44.3. The van der Waals surface area contributed by atoms with E-state index in [2.05, 4.69) is 20.3 Å². The molecule has 12 heteroatoms. The van der Waals surface area contributed by atoms with Crippen LogP contribution in [-0.2, 0) is 10.9 Å². The van der Waals surface area contributed by atoms with Crippen molar-refractivity contribution in [2.75, 3.05) is 18.1 Å². The van der Waals surface area contributed by atoms with E-state index in [0.29, 0.717) is 0 Å². The van der Waals surface area contributed by atoms with E-state index < -0.39 is 17.7 Å². The van der Waals surface area contributed by atoms with Crippen molar-refractivity contribution >= 4 is 34.6 Å². The SMILES string of the molecule is CCOC(=O)c1cnc2c(N=Nc3cccc(C(F)(F)F)c3)c(N)nn2c1N. The van der Waals surface area contributed by atoms with Gasteiger partial charge in [-0.05, 0) is 25.1 Å². The largest absolute Gasteiger partial charge is 0.462 e. The van der Waals surface area contributed by atoms with E-state index >= 15 is 0 Å². The Kier molecular flexibility index (Phi) is 4.86. The van der Waals surface area contributed by atoms with E-state index in [9.17, 15) is 18.0 Å². The molecule has 28 heavy (non-hydrogen) atoms. The predicted octanol–water partition coefficient (Wildman–Crippen LogP) is 3.50. The number of azo groups is 1. The van der Waals surface area contributed by atoms with E-state index in [0.717, 1.165) is 16.6 Å². The third kappa shape index (κ3) is 3.56. The fraction of sp³-hybridized carbons (Fsp3) is 0.188. The molecule has 0 bridgehead atoms. The highest BCUT2D eigenvalue weighted by molar-refractivity contribution is 5.95. The molecule has 0 atom stereocenters. The number of halogens is 3. The number of nitrogens with two attached hydrogens (primary N) is 2. The number of fused-ring (bicyclic) bond motifs is 1. The molecule has 0 spiro atoms. The summed E-state index contributed by atoms with van der Waals surface area (Å²) in [6.07, 6.45) is -3.33. The molecule has 0 aliphatic carbocycles. The molecule has 0 saturated carbocycles. The van der Waals surface area contributed by atoms with Gasteiger partial charge in [-0.3, -0.25) is 0 Å². The van der Waals surface area contributed by atoms with Gasteiger partial charge < -0.3 is 16.2 Å². The zero-order valence-corrected chi connectivity index (χ0v) is 14.4. The summed E-state index contributed by atoms with van der Waals surface area (Å²) in [6.45, 7) is 1.78. The number of carbonyl (C=O) groups excluding carboxylic acids is 1. The van der Waals surface area contributed by atoms with Crippen molar-refractivity contribution in [3.05, 3.63) is 41.6 Å². The van der Waals surface area contributed by atoms with Crippen molar-refractivity contribution in [1.29, 1.82) is 0 Å². The summed E-state index contributed by atoms with van der Waals surface area (Å²) in [7, 11) is 0. The number of nitrogen functional groups attached to an aromatic ring is 2. The quantitative estimate of drug-likeness (QED) is 0.515. The summed E-state index contributed by atoms with van der Waals surface area (Å²) in [5.41, 5.74) is 10.9. The van der Waals surface area contributed by atoms with Crippen LogP contribution in [0.1, 0.15) is 22.8 Å². The van der Waals surface area contributed by atoms with Gasteiger partial charge in [-0.2, -0.15) is 22.8 Å². The summed E-state index contributed by atoms with van der Waals surface area (Å²) in [5, 5.41) is 11.6. The van der Waals surface area contributed by atoms with Crippen LogP contribution in [0.25, 0.3) is 5.65 Å². The van der Waals surface area contributed by atoms with Crippen LogP contribution >= 0.6 is 0 Å². The van der Waals surface area contributed by atoms with Gasteiger partial charge in [0.2, 0.25) is 0 Å². The Balaban J connectivity index is 2.00. The topological polar surface area (TPSA) is 133 Å². The summed E-state index contributed by atoms with van der Waals surface area (Å²) in [4.78, 5) is 15.9. The molecule has 2 heterocycles. The Morgan fingerprint density at radius 3 is 2.71 bits per heavy atom. The second-order valence-electron chi connectivity index (χ2n) is 5.49. The van der Waals surface area contributed by atoms with Gasteiger partial charge in [-0.1, -0.05) is 6.07 Å². The number of alkyl halides is 3. The summed E-state index contributed by atoms with van der Waals surface area (Å²) >= 11 is 0. The number of benzene rings is 1. The monoisotopic (exact) mass is 393 g/mol. The smallest absolute Gasteiger partial charge is 0.416 e. The molecule has 0 aliphatic heterocycles. The second-order valence-corrected chi connectivity index (χ2v) is 5.49. The van der Waals surface area contributed by atoms with Crippen molar-refractivity contribution in [2.45, 2.75) is 13.1 Å². The fourth-order valence-electron chi connectivity index (χ4n) is 2.32. The molecule has 0 unspecified atom stereocenters. The molecule has 0 amide bonds. The zero-order valence-electron chi connectivity index (χ0n) is 14.4. The summed E-state index contributed by atoms with van der Waals surface area (Å²) in [6, 6.07) is 4.31. The fourth-order valence-corrected chi connectivity index (χ4v) is 2.32. The minimum atomic E-state index is -4.51. The highest BCUT2D eigenvalue weighted by Gasteiger charge is 2.30. The molecule has 9 nitrogen and oxygen atoms in total. The van der Waals surface area contributed by atoms with Crippen LogP contribution in [-0.4, -0.2) is 27.2 Å². The number of nitrogens with zero attached hydrogens (tertiary/aromatic N) is 5. The van der Waals surface area contributed by atoms with Crippen molar-refractivity contribution in [3.63, 3.8) is 0 Å². The molecule has 3 rings (SSSR count). The number of ether oxygens (including phenoxy) is 1. The molecule has 146 valence electrons. The lowest BCUT2D eigenvalue weighted by atomic mass is 10.2.